The van der Waals surface area contributed by atoms with Crippen LogP contribution in [0.4, 0.5) is 0 Å². The average Bonchev–Trinajstić information content (AvgIpc) is 2.82. The number of hydrogen-bond acceptors (Lipinski definition) is 4. The minimum Gasteiger partial charge on any atom is -0.495 e. The molecule has 0 fully saturated rings. The van der Waals surface area contributed by atoms with E-state index in [2.05, 4.69) is 20.7 Å². The molecule has 1 aromatic heterocycles. The Balaban J connectivity index is 2.26. The van der Waals surface area contributed by atoms with Crippen molar-refractivity contribution in [3.63, 3.8) is 0 Å². The smallest absolute Gasteiger partial charge is 0.244 e. The van der Waals surface area contributed by atoms with Gasteiger partial charge in [0.1, 0.15) is 10.6 Å². The summed E-state index contributed by atoms with van der Waals surface area (Å²) in [5, 5.41) is 1.94. The summed E-state index contributed by atoms with van der Waals surface area (Å²) in [6.07, 6.45) is 0. The van der Waals surface area contributed by atoms with Crippen LogP contribution in [0, 0.1) is 6.92 Å². The van der Waals surface area contributed by atoms with Crippen LogP contribution in [-0.2, 0) is 16.6 Å². The zero-order valence-electron chi connectivity index (χ0n) is 11.0. The molecule has 0 saturated carbocycles. The molecule has 0 aliphatic rings. The maximum Gasteiger partial charge on any atom is 0.244 e. The molecule has 0 amide bonds. The largest absolute Gasteiger partial charge is 0.495 e. The number of benzene rings is 1. The fourth-order valence-corrected chi connectivity index (χ4v) is 4.32. The van der Waals surface area contributed by atoms with Gasteiger partial charge in [-0.15, -0.1) is 11.3 Å². The highest BCUT2D eigenvalue weighted by Crippen LogP contribution is 2.27. The topological polar surface area (TPSA) is 55.4 Å². The summed E-state index contributed by atoms with van der Waals surface area (Å²) >= 11 is 4.80. The predicted molar refractivity (Wildman–Crippen MR) is 83.8 cm³/mol. The molecule has 0 spiro atoms. The van der Waals surface area contributed by atoms with Gasteiger partial charge in [-0.3, -0.25) is 0 Å². The lowest BCUT2D eigenvalue weighted by Gasteiger charge is -2.11. The van der Waals surface area contributed by atoms with Crippen molar-refractivity contribution in [2.75, 3.05) is 7.11 Å². The van der Waals surface area contributed by atoms with Gasteiger partial charge in [0.15, 0.2) is 0 Å². The van der Waals surface area contributed by atoms with E-state index >= 15 is 0 Å². The molecule has 0 saturated heterocycles. The van der Waals surface area contributed by atoms with E-state index in [4.69, 9.17) is 4.74 Å². The van der Waals surface area contributed by atoms with Gasteiger partial charge >= 0.3 is 0 Å². The Hall–Kier alpha value is -0.890. The lowest BCUT2D eigenvalue weighted by atomic mass is 10.3. The molecule has 1 N–H and O–H groups in total. The van der Waals surface area contributed by atoms with Gasteiger partial charge < -0.3 is 4.74 Å². The summed E-state index contributed by atoms with van der Waals surface area (Å²) in [6, 6.07) is 6.85. The first-order valence-electron chi connectivity index (χ1n) is 5.80. The lowest BCUT2D eigenvalue weighted by Crippen LogP contribution is -2.23. The molecule has 0 unspecified atom stereocenters. The molecule has 0 aliphatic heterocycles. The van der Waals surface area contributed by atoms with Gasteiger partial charge in [0.05, 0.1) is 7.11 Å². The number of sulfonamides is 1. The summed E-state index contributed by atoms with van der Waals surface area (Å²) in [5.74, 6) is 0.323. The van der Waals surface area contributed by atoms with E-state index in [1.54, 1.807) is 12.1 Å². The summed E-state index contributed by atoms with van der Waals surface area (Å²) in [4.78, 5) is 1.13. The van der Waals surface area contributed by atoms with Gasteiger partial charge in [0.2, 0.25) is 10.0 Å². The fraction of sp³-hybridized carbons (Fsp3) is 0.231. The van der Waals surface area contributed by atoms with Gasteiger partial charge in [-0.2, -0.15) is 0 Å². The molecule has 2 aromatic rings. The predicted octanol–water partition coefficient (Wildman–Crippen LogP) is 3.31. The Morgan fingerprint density at radius 2 is 2.10 bits per heavy atom. The van der Waals surface area contributed by atoms with Crippen LogP contribution in [0.5, 0.6) is 5.75 Å². The SMILES string of the molecule is COc1ccc(Br)cc1S(=O)(=O)NCc1sccc1C. The zero-order chi connectivity index (χ0) is 14.8. The van der Waals surface area contributed by atoms with Crippen molar-refractivity contribution in [3.05, 3.63) is 44.6 Å². The number of halogens is 1. The summed E-state index contributed by atoms with van der Waals surface area (Å²) < 4.78 is 33.1. The zero-order valence-corrected chi connectivity index (χ0v) is 14.2. The van der Waals surface area contributed by atoms with Gasteiger partial charge in [-0.25, -0.2) is 13.1 Å². The van der Waals surface area contributed by atoms with Crippen molar-refractivity contribution in [2.24, 2.45) is 0 Å². The van der Waals surface area contributed by atoms with Gasteiger partial charge in [0, 0.05) is 15.9 Å². The Morgan fingerprint density at radius 3 is 2.70 bits per heavy atom. The van der Waals surface area contributed by atoms with E-state index in [-0.39, 0.29) is 11.4 Å². The molecule has 1 aromatic carbocycles. The number of rotatable bonds is 5. The molecule has 1 heterocycles. The van der Waals surface area contributed by atoms with Crippen LogP contribution in [0.15, 0.2) is 39.0 Å². The van der Waals surface area contributed by atoms with E-state index in [0.29, 0.717) is 10.2 Å². The molecule has 108 valence electrons. The third-order valence-electron chi connectivity index (χ3n) is 2.81. The molecular weight excluding hydrogens is 362 g/mol. The van der Waals surface area contributed by atoms with E-state index in [0.717, 1.165) is 10.4 Å². The second kappa shape index (κ2) is 6.26. The molecule has 7 heteroatoms. The van der Waals surface area contributed by atoms with Crippen LogP contribution in [0.2, 0.25) is 0 Å². The normalized spacial score (nSPS) is 11.6. The third kappa shape index (κ3) is 3.41. The number of methoxy groups -OCH3 is 1. The molecule has 0 aliphatic carbocycles. The minimum absolute atomic E-state index is 0.128. The van der Waals surface area contributed by atoms with Gasteiger partial charge in [0.25, 0.3) is 0 Å². The second-order valence-corrected chi connectivity index (χ2v) is 7.80. The van der Waals surface area contributed by atoms with Gasteiger partial charge in [-0.1, -0.05) is 15.9 Å². The lowest BCUT2D eigenvalue weighted by molar-refractivity contribution is 0.402. The molecule has 0 radical (unpaired) electrons. The number of aryl methyl sites for hydroxylation is 1. The summed E-state index contributed by atoms with van der Waals surface area (Å²) in [7, 11) is -2.17. The average molecular weight is 376 g/mol. The highest BCUT2D eigenvalue weighted by atomic mass is 79.9. The molecule has 20 heavy (non-hydrogen) atoms. The van der Waals surface area contributed by atoms with Crippen LogP contribution in [0.25, 0.3) is 0 Å². The fourth-order valence-electron chi connectivity index (χ4n) is 1.68. The molecule has 0 bridgehead atoms. The van der Waals surface area contributed by atoms with Crippen molar-refractivity contribution in [1.29, 1.82) is 0 Å². The minimum atomic E-state index is -3.62. The Labute approximate surface area is 131 Å². The van der Waals surface area contributed by atoms with Crippen LogP contribution >= 0.6 is 27.3 Å². The van der Waals surface area contributed by atoms with Crippen LogP contribution in [0.1, 0.15) is 10.4 Å². The standard InChI is InChI=1S/C13H14BrNO3S2/c1-9-5-6-19-12(9)8-15-20(16,17)13-7-10(14)3-4-11(13)18-2/h3-7,15H,8H2,1-2H3. The maximum atomic E-state index is 12.4. The third-order valence-corrected chi connectivity index (χ3v) is 5.74. The highest BCUT2D eigenvalue weighted by molar-refractivity contribution is 9.10. The molecule has 0 atom stereocenters. The van der Waals surface area contributed by atoms with E-state index in [9.17, 15) is 8.42 Å². The first kappa shape index (κ1) is 15.5. The maximum absolute atomic E-state index is 12.4. The molecule has 4 nitrogen and oxygen atoms in total. The Morgan fingerprint density at radius 1 is 1.35 bits per heavy atom. The van der Waals surface area contributed by atoms with Crippen molar-refractivity contribution < 1.29 is 13.2 Å². The van der Waals surface area contributed by atoms with Gasteiger partial charge in [-0.05, 0) is 42.1 Å². The second-order valence-electron chi connectivity index (χ2n) is 4.15. The van der Waals surface area contributed by atoms with Crippen molar-refractivity contribution in [2.45, 2.75) is 18.4 Å². The quantitative estimate of drug-likeness (QED) is 0.871. The number of nitrogens with one attached hydrogen (secondary N) is 1. The summed E-state index contributed by atoms with van der Waals surface area (Å²) in [6.45, 7) is 2.24. The van der Waals surface area contributed by atoms with E-state index < -0.39 is 10.0 Å². The monoisotopic (exact) mass is 375 g/mol. The first-order chi connectivity index (χ1) is 9.44. The molecule has 2 rings (SSSR count). The first-order valence-corrected chi connectivity index (χ1v) is 8.96. The van der Waals surface area contributed by atoms with E-state index in [1.807, 2.05) is 18.4 Å². The van der Waals surface area contributed by atoms with Crippen molar-refractivity contribution in [3.8, 4) is 5.75 Å². The van der Waals surface area contributed by atoms with Crippen LogP contribution < -0.4 is 9.46 Å². The van der Waals surface area contributed by atoms with Crippen molar-refractivity contribution >= 4 is 37.3 Å². The Kier molecular flexibility index (Phi) is 4.85. The number of thiophene rings is 1. The number of ether oxygens (including phenoxy) is 1. The Bertz CT molecular complexity index is 710. The van der Waals surface area contributed by atoms with Crippen LogP contribution in [-0.4, -0.2) is 15.5 Å². The van der Waals surface area contributed by atoms with Crippen LogP contribution in [0.3, 0.4) is 0 Å². The van der Waals surface area contributed by atoms with Crippen molar-refractivity contribution in [1.82, 2.24) is 4.72 Å². The molecular formula is C13H14BrNO3S2. The van der Waals surface area contributed by atoms with E-state index in [1.165, 1.54) is 24.5 Å². The summed E-state index contributed by atoms with van der Waals surface area (Å²) in [5.41, 5.74) is 1.08. The highest BCUT2D eigenvalue weighted by Gasteiger charge is 2.20. The number of hydrogen-bond donors (Lipinski definition) is 1.